The van der Waals surface area contributed by atoms with Gasteiger partial charge in [-0.25, -0.2) is 4.39 Å². The van der Waals surface area contributed by atoms with Gasteiger partial charge < -0.3 is 15.1 Å². The third kappa shape index (κ3) is 6.92. The summed E-state index contributed by atoms with van der Waals surface area (Å²) in [6.45, 7) is 0.585. The van der Waals surface area contributed by atoms with E-state index < -0.39 is 0 Å². The molecule has 2 N–H and O–H groups in total. The Labute approximate surface area is 158 Å². The number of halogens is 1. The highest BCUT2D eigenvalue weighted by Crippen LogP contribution is 2.20. The van der Waals surface area contributed by atoms with Crippen LogP contribution in [0.2, 0.25) is 0 Å². The number of ketones is 1. The number of phenolic OH excluding ortho intramolecular Hbond substituents is 1. The van der Waals surface area contributed by atoms with Crippen LogP contribution in [0.3, 0.4) is 0 Å². The molecule has 0 saturated carbocycles. The number of nitrogens with zero attached hydrogens (tertiary/aromatic N) is 1. The molecule has 0 bridgehead atoms. The zero-order chi connectivity index (χ0) is 19.8. The summed E-state index contributed by atoms with van der Waals surface area (Å²) in [5, 5.41) is 19.8. The Morgan fingerprint density at radius 2 is 1.67 bits per heavy atom. The van der Waals surface area contributed by atoms with E-state index in [1.807, 2.05) is 25.1 Å². The number of benzene rings is 2. The molecule has 0 unspecified atom stereocenters. The van der Waals surface area contributed by atoms with E-state index >= 15 is 0 Å². The van der Waals surface area contributed by atoms with Gasteiger partial charge in [0.05, 0.1) is 0 Å². The summed E-state index contributed by atoms with van der Waals surface area (Å²) < 4.78 is 12.8. The van der Waals surface area contributed by atoms with Crippen LogP contribution < -0.4 is 0 Å². The van der Waals surface area contributed by atoms with Crippen LogP contribution in [0.25, 0.3) is 12.2 Å². The number of rotatable bonds is 7. The summed E-state index contributed by atoms with van der Waals surface area (Å²) in [4.78, 5) is 13.8. The number of carbonyl (C=O) groups is 1. The van der Waals surface area contributed by atoms with E-state index in [1.54, 1.807) is 36.4 Å². The molecule has 0 aliphatic heterocycles. The van der Waals surface area contributed by atoms with Crippen molar-refractivity contribution in [2.45, 2.75) is 6.54 Å². The Bertz CT molecular complexity index is 881. The van der Waals surface area contributed by atoms with Gasteiger partial charge in [-0.05, 0) is 61.6 Å². The number of allylic oxidation sites excluding steroid dienone is 3. The van der Waals surface area contributed by atoms with Crippen LogP contribution in [-0.2, 0) is 11.3 Å². The van der Waals surface area contributed by atoms with E-state index in [9.17, 15) is 19.4 Å². The minimum atomic E-state index is -0.388. The maximum absolute atomic E-state index is 12.8. The molecule has 0 saturated heterocycles. The van der Waals surface area contributed by atoms with E-state index in [0.717, 1.165) is 17.2 Å². The average molecular weight is 367 g/mol. The monoisotopic (exact) mass is 367 g/mol. The molecule has 0 amide bonds. The Balaban J connectivity index is 2.03. The molecule has 4 nitrogen and oxygen atoms in total. The molecule has 0 aliphatic rings. The third-order valence-electron chi connectivity index (χ3n) is 3.64. The molecule has 2 aromatic carbocycles. The van der Waals surface area contributed by atoms with Gasteiger partial charge in [0.25, 0.3) is 0 Å². The molecule has 5 heteroatoms. The van der Waals surface area contributed by atoms with Crippen molar-refractivity contribution >= 4 is 17.9 Å². The van der Waals surface area contributed by atoms with Crippen LogP contribution in [0.1, 0.15) is 16.7 Å². The number of aliphatic hydroxyl groups is 1. The first kappa shape index (κ1) is 20.1. The van der Waals surface area contributed by atoms with Crippen LogP contribution in [-0.4, -0.2) is 35.0 Å². The minimum Gasteiger partial charge on any atom is -0.508 e. The van der Waals surface area contributed by atoms with Gasteiger partial charge in [0.15, 0.2) is 5.78 Å². The summed E-state index contributed by atoms with van der Waals surface area (Å²) >= 11 is 0. The van der Waals surface area contributed by atoms with E-state index in [0.29, 0.717) is 12.1 Å². The van der Waals surface area contributed by atoms with Gasteiger partial charge in [0, 0.05) is 18.2 Å². The second kappa shape index (κ2) is 9.50. The van der Waals surface area contributed by atoms with Crippen molar-refractivity contribution in [3.8, 4) is 5.75 Å². The fraction of sp³-hybridized carbons (Fsp3) is 0.136. The summed E-state index contributed by atoms with van der Waals surface area (Å²) in [5.41, 5.74) is 2.24. The number of aliphatic hydroxyl groups excluding tert-OH is 1. The second-order valence-corrected chi connectivity index (χ2v) is 6.32. The van der Waals surface area contributed by atoms with Crippen molar-refractivity contribution in [2.24, 2.45) is 0 Å². The molecule has 27 heavy (non-hydrogen) atoms. The van der Waals surface area contributed by atoms with Gasteiger partial charge in [-0.2, -0.15) is 0 Å². The van der Waals surface area contributed by atoms with Gasteiger partial charge in [0.1, 0.15) is 17.3 Å². The first-order valence-corrected chi connectivity index (χ1v) is 8.36. The summed E-state index contributed by atoms with van der Waals surface area (Å²) in [5.74, 6) is -0.711. The maximum Gasteiger partial charge on any atom is 0.182 e. The van der Waals surface area contributed by atoms with Crippen LogP contribution in [0.15, 0.2) is 66.5 Å². The Morgan fingerprint density at radius 1 is 1.04 bits per heavy atom. The first-order chi connectivity index (χ1) is 12.8. The van der Waals surface area contributed by atoms with Gasteiger partial charge in [-0.3, -0.25) is 4.79 Å². The Kier molecular flexibility index (Phi) is 7.08. The SMILES string of the molecule is CN(C)Cc1cc(/C=C/C(O)=CC(=O)/C=C/c2ccc(F)cc2)ccc1O. The van der Waals surface area contributed by atoms with Gasteiger partial charge in [-0.1, -0.05) is 30.4 Å². The summed E-state index contributed by atoms with van der Waals surface area (Å²) in [7, 11) is 3.81. The van der Waals surface area contributed by atoms with Crippen molar-refractivity contribution in [1.29, 1.82) is 0 Å². The van der Waals surface area contributed by atoms with Crippen LogP contribution >= 0.6 is 0 Å². The largest absolute Gasteiger partial charge is 0.508 e. The average Bonchev–Trinajstić information content (AvgIpc) is 2.61. The zero-order valence-electron chi connectivity index (χ0n) is 15.3. The number of hydrogen-bond acceptors (Lipinski definition) is 4. The van der Waals surface area contributed by atoms with E-state index in [4.69, 9.17) is 0 Å². The lowest BCUT2D eigenvalue weighted by molar-refractivity contribution is -0.110. The highest BCUT2D eigenvalue weighted by atomic mass is 19.1. The Morgan fingerprint density at radius 3 is 2.33 bits per heavy atom. The number of hydrogen-bond donors (Lipinski definition) is 2. The Hall–Kier alpha value is -3.18. The lowest BCUT2D eigenvalue weighted by atomic mass is 10.1. The van der Waals surface area contributed by atoms with E-state index in [2.05, 4.69) is 0 Å². The van der Waals surface area contributed by atoms with Crippen LogP contribution in [0.5, 0.6) is 5.75 Å². The second-order valence-electron chi connectivity index (χ2n) is 6.32. The molecule has 0 aliphatic carbocycles. The normalized spacial score (nSPS) is 12.4. The predicted octanol–water partition coefficient (Wildman–Crippen LogP) is 4.33. The summed E-state index contributed by atoms with van der Waals surface area (Å²) in [6.07, 6.45) is 7.00. The smallest absolute Gasteiger partial charge is 0.182 e. The van der Waals surface area contributed by atoms with Gasteiger partial charge >= 0.3 is 0 Å². The molecule has 140 valence electrons. The zero-order valence-corrected chi connectivity index (χ0v) is 15.3. The lowest BCUT2D eigenvalue weighted by Crippen LogP contribution is -2.10. The van der Waals surface area contributed by atoms with Crippen molar-refractivity contribution in [3.05, 3.63) is 89.0 Å². The fourth-order valence-electron chi connectivity index (χ4n) is 2.35. The molecule has 0 aromatic heterocycles. The van der Waals surface area contributed by atoms with Crippen molar-refractivity contribution in [2.75, 3.05) is 14.1 Å². The highest BCUT2D eigenvalue weighted by molar-refractivity contribution is 6.02. The number of aromatic hydroxyl groups is 1. The molecule has 2 rings (SSSR count). The van der Waals surface area contributed by atoms with Crippen LogP contribution in [0.4, 0.5) is 4.39 Å². The van der Waals surface area contributed by atoms with Crippen molar-refractivity contribution < 1.29 is 19.4 Å². The summed E-state index contributed by atoms with van der Waals surface area (Å²) in [6, 6.07) is 10.8. The van der Waals surface area contributed by atoms with Gasteiger partial charge in [0.2, 0.25) is 0 Å². The predicted molar refractivity (Wildman–Crippen MR) is 106 cm³/mol. The molecule has 0 fully saturated rings. The van der Waals surface area contributed by atoms with Crippen molar-refractivity contribution in [1.82, 2.24) is 4.90 Å². The molecular formula is C22H22FNO3. The molecular weight excluding hydrogens is 345 g/mol. The van der Waals surface area contributed by atoms with E-state index in [-0.39, 0.29) is 23.1 Å². The third-order valence-corrected chi connectivity index (χ3v) is 3.64. The maximum atomic E-state index is 12.8. The topological polar surface area (TPSA) is 60.8 Å². The van der Waals surface area contributed by atoms with Crippen molar-refractivity contribution in [3.63, 3.8) is 0 Å². The van der Waals surface area contributed by atoms with Crippen LogP contribution in [0, 0.1) is 5.82 Å². The molecule has 0 spiro atoms. The molecule has 0 radical (unpaired) electrons. The minimum absolute atomic E-state index is 0.189. The quantitative estimate of drug-likeness (QED) is 0.434. The van der Waals surface area contributed by atoms with E-state index in [1.165, 1.54) is 24.3 Å². The fourth-order valence-corrected chi connectivity index (χ4v) is 2.35. The standard InChI is InChI=1S/C22H22FNO3/c1-24(2)15-18-13-17(7-12-22(18)27)6-11-21(26)14-20(25)10-5-16-3-8-19(23)9-4-16/h3-14,26-27H,15H2,1-2H3/b10-5+,11-6+,21-14?. The molecule has 0 atom stereocenters. The van der Waals surface area contributed by atoms with Gasteiger partial charge in [-0.15, -0.1) is 0 Å². The number of carbonyl (C=O) groups excluding carboxylic acids is 1. The lowest BCUT2D eigenvalue weighted by Gasteiger charge is -2.11. The molecule has 0 heterocycles. The first-order valence-electron chi connectivity index (χ1n) is 8.36. The number of phenols is 1. The highest BCUT2D eigenvalue weighted by Gasteiger charge is 2.03. The molecule has 2 aromatic rings.